The average Bonchev–Trinajstić information content (AvgIpc) is 2.78. The number of nitrogens with one attached hydrogen (secondary N) is 1. The number of nitrogens with zero attached hydrogens (tertiary/aromatic N) is 1. The summed E-state index contributed by atoms with van der Waals surface area (Å²) in [7, 11) is 1.59. The van der Waals surface area contributed by atoms with Crippen molar-refractivity contribution < 1.29 is 19.1 Å². The summed E-state index contributed by atoms with van der Waals surface area (Å²) < 4.78 is 10.8. The Morgan fingerprint density at radius 3 is 2.38 bits per heavy atom. The minimum absolute atomic E-state index is 0.104. The van der Waals surface area contributed by atoms with E-state index in [9.17, 15) is 9.59 Å². The van der Waals surface area contributed by atoms with Crippen molar-refractivity contribution in [2.24, 2.45) is 5.92 Å². The average molecular weight is 439 g/mol. The maximum atomic E-state index is 13.0. The van der Waals surface area contributed by atoms with E-state index in [2.05, 4.69) is 5.32 Å². The number of hydrogen-bond donors (Lipinski definition) is 1. The number of amides is 2. The van der Waals surface area contributed by atoms with Crippen LogP contribution in [-0.4, -0.2) is 42.7 Å². The summed E-state index contributed by atoms with van der Waals surface area (Å²) in [5, 5.41) is 3.21. The molecule has 0 radical (unpaired) electrons. The van der Waals surface area contributed by atoms with Crippen molar-refractivity contribution in [2.45, 2.75) is 51.7 Å². The van der Waals surface area contributed by atoms with Gasteiger partial charge in [-0.05, 0) is 69.7 Å². The second kappa shape index (κ2) is 10.5. The van der Waals surface area contributed by atoms with Crippen LogP contribution in [0.5, 0.6) is 5.75 Å². The third kappa shape index (κ3) is 6.74. The van der Waals surface area contributed by atoms with E-state index < -0.39 is 5.60 Å². The predicted molar refractivity (Wildman–Crippen MR) is 125 cm³/mol. The van der Waals surface area contributed by atoms with E-state index in [1.54, 1.807) is 24.1 Å². The lowest BCUT2D eigenvalue weighted by Gasteiger charge is -2.35. The van der Waals surface area contributed by atoms with Gasteiger partial charge in [0.25, 0.3) is 5.91 Å². The zero-order valence-electron chi connectivity index (χ0n) is 19.5. The van der Waals surface area contributed by atoms with E-state index in [1.807, 2.05) is 63.2 Å². The van der Waals surface area contributed by atoms with Crippen LogP contribution in [0, 0.1) is 5.92 Å². The van der Waals surface area contributed by atoms with Crippen molar-refractivity contribution in [1.82, 2.24) is 10.2 Å². The molecule has 1 saturated heterocycles. The Balaban J connectivity index is 1.65. The zero-order chi connectivity index (χ0) is 23.1. The Bertz CT molecular complexity index is 900. The lowest BCUT2D eigenvalue weighted by Crippen LogP contribution is -2.42. The van der Waals surface area contributed by atoms with Gasteiger partial charge in [-0.1, -0.05) is 36.4 Å². The van der Waals surface area contributed by atoms with Crippen molar-refractivity contribution in [1.29, 1.82) is 0 Å². The van der Waals surface area contributed by atoms with Gasteiger partial charge in [0.1, 0.15) is 11.4 Å². The normalized spacial score (nSPS) is 15.7. The number of rotatable bonds is 6. The largest absolute Gasteiger partial charge is 0.497 e. The van der Waals surface area contributed by atoms with Crippen molar-refractivity contribution in [3.05, 3.63) is 65.7 Å². The first-order valence-electron chi connectivity index (χ1n) is 11.2. The molecule has 2 amide bonds. The molecule has 0 aliphatic carbocycles. The third-order valence-electron chi connectivity index (χ3n) is 5.67. The highest BCUT2D eigenvalue weighted by atomic mass is 16.6. The maximum absolute atomic E-state index is 13.0. The molecule has 1 heterocycles. The molecule has 172 valence electrons. The van der Waals surface area contributed by atoms with Gasteiger partial charge in [-0.25, -0.2) is 4.79 Å². The standard InChI is InChI=1S/C26H34N2O4/c1-26(2,3)32-25(30)28-15-13-19(14-16-28)17-23(20-9-6-5-7-10-20)27-24(29)21-11-8-12-22(18-21)31-4/h5-12,18-19,23H,13-17H2,1-4H3,(H,27,29). The van der Waals surface area contributed by atoms with E-state index in [1.165, 1.54) is 0 Å². The summed E-state index contributed by atoms with van der Waals surface area (Å²) in [4.78, 5) is 27.1. The fraction of sp³-hybridized carbons (Fsp3) is 0.462. The molecule has 0 aromatic heterocycles. The number of hydrogen-bond acceptors (Lipinski definition) is 4. The van der Waals surface area contributed by atoms with Gasteiger partial charge in [0, 0.05) is 18.7 Å². The number of benzene rings is 2. The molecule has 1 aliphatic heterocycles. The van der Waals surface area contributed by atoms with E-state index in [-0.39, 0.29) is 18.0 Å². The molecular formula is C26H34N2O4. The lowest BCUT2D eigenvalue weighted by atomic mass is 9.87. The molecule has 0 saturated carbocycles. The molecule has 2 aromatic carbocycles. The Morgan fingerprint density at radius 2 is 1.75 bits per heavy atom. The van der Waals surface area contributed by atoms with E-state index in [0.717, 1.165) is 24.8 Å². The quantitative estimate of drug-likeness (QED) is 0.673. The first-order valence-corrected chi connectivity index (χ1v) is 11.2. The summed E-state index contributed by atoms with van der Waals surface area (Å²) in [5.74, 6) is 0.942. The van der Waals surface area contributed by atoms with Gasteiger partial charge in [0.2, 0.25) is 0 Å². The van der Waals surface area contributed by atoms with Crippen LogP contribution >= 0.6 is 0 Å². The van der Waals surface area contributed by atoms with Crippen molar-refractivity contribution in [3.8, 4) is 5.75 Å². The summed E-state index contributed by atoms with van der Waals surface area (Å²) in [6, 6.07) is 17.1. The van der Waals surface area contributed by atoms with E-state index in [4.69, 9.17) is 9.47 Å². The summed E-state index contributed by atoms with van der Waals surface area (Å²) in [5.41, 5.74) is 1.17. The topological polar surface area (TPSA) is 67.9 Å². The van der Waals surface area contributed by atoms with Crippen LogP contribution in [-0.2, 0) is 4.74 Å². The molecule has 1 fully saturated rings. The predicted octanol–water partition coefficient (Wildman–Crippen LogP) is 5.20. The second-order valence-electron chi connectivity index (χ2n) is 9.32. The molecular weight excluding hydrogens is 404 g/mol. The summed E-state index contributed by atoms with van der Waals surface area (Å²) >= 11 is 0. The SMILES string of the molecule is COc1cccc(C(=O)NC(CC2CCN(C(=O)OC(C)(C)C)CC2)c2ccccc2)c1. The molecule has 1 aliphatic rings. The maximum Gasteiger partial charge on any atom is 0.410 e. The highest BCUT2D eigenvalue weighted by molar-refractivity contribution is 5.94. The Hall–Kier alpha value is -3.02. The van der Waals surface area contributed by atoms with Gasteiger partial charge in [-0.3, -0.25) is 4.79 Å². The lowest BCUT2D eigenvalue weighted by molar-refractivity contribution is 0.0178. The van der Waals surface area contributed by atoms with Crippen molar-refractivity contribution >= 4 is 12.0 Å². The van der Waals surface area contributed by atoms with Gasteiger partial charge in [-0.2, -0.15) is 0 Å². The number of piperidine rings is 1. The molecule has 2 aromatic rings. The summed E-state index contributed by atoms with van der Waals surface area (Å²) in [6.45, 7) is 6.99. The van der Waals surface area contributed by atoms with Crippen molar-refractivity contribution in [3.63, 3.8) is 0 Å². The van der Waals surface area contributed by atoms with Crippen LogP contribution in [0.2, 0.25) is 0 Å². The number of likely N-dealkylation sites (tertiary alicyclic amines) is 1. The summed E-state index contributed by atoms with van der Waals surface area (Å²) in [6.07, 6.45) is 2.35. The van der Waals surface area contributed by atoms with Gasteiger partial charge in [0.05, 0.1) is 13.2 Å². The third-order valence-corrected chi connectivity index (χ3v) is 5.67. The molecule has 1 N–H and O–H groups in total. The van der Waals surface area contributed by atoms with Crippen LogP contribution in [0.4, 0.5) is 4.79 Å². The Morgan fingerprint density at radius 1 is 1.06 bits per heavy atom. The number of methoxy groups -OCH3 is 1. The van der Waals surface area contributed by atoms with Gasteiger partial charge in [-0.15, -0.1) is 0 Å². The number of ether oxygens (including phenoxy) is 2. The molecule has 3 rings (SSSR count). The number of carbonyl (C=O) groups is 2. The van der Waals surface area contributed by atoms with E-state index >= 15 is 0 Å². The fourth-order valence-electron chi connectivity index (χ4n) is 3.98. The zero-order valence-corrected chi connectivity index (χ0v) is 19.5. The van der Waals surface area contributed by atoms with Crippen LogP contribution < -0.4 is 10.1 Å². The Labute approximate surface area is 190 Å². The number of carbonyl (C=O) groups excluding carboxylic acids is 2. The van der Waals surface area contributed by atoms with Crippen LogP contribution in [0.1, 0.15) is 62.0 Å². The monoisotopic (exact) mass is 438 g/mol. The molecule has 1 unspecified atom stereocenters. The first kappa shape index (κ1) is 23.6. The second-order valence-corrected chi connectivity index (χ2v) is 9.32. The van der Waals surface area contributed by atoms with Gasteiger partial charge >= 0.3 is 6.09 Å². The molecule has 0 spiro atoms. The Kier molecular flexibility index (Phi) is 7.78. The highest BCUT2D eigenvalue weighted by Crippen LogP contribution is 2.29. The van der Waals surface area contributed by atoms with Crippen LogP contribution in [0.25, 0.3) is 0 Å². The molecule has 0 bridgehead atoms. The molecule has 1 atom stereocenters. The van der Waals surface area contributed by atoms with Crippen LogP contribution in [0.15, 0.2) is 54.6 Å². The molecule has 6 nitrogen and oxygen atoms in total. The minimum Gasteiger partial charge on any atom is -0.497 e. The minimum atomic E-state index is -0.489. The first-order chi connectivity index (χ1) is 15.2. The fourth-order valence-corrected chi connectivity index (χ4v) is 3.98. The highest BCUT2D eigenvalue weighted by Gasteiger charge is 2.29. The van der Waals surface area contributed by atoms with Crippen LogP contribution in [0.3, 0.4) is 0 Å². The molecule has 32 heavy (non-hydrogen) atoms. The van der Waals surface area contributed by atoms with Gasteiger partial charge in [0.15, 0.2) is 0 Å². The van der Waals surface area contributed by atoms with Gasteiger partial charge < -0.3 is 19.7 Å². The van der Waals surface area contributed by atoms with E-state index in [0.29, 0.717) is 30.3 Å². The smallest absolute Gasteiger partial charge is 0.410 e. The van der Waals surface area contributed by atoms with Crippen molar-refractivity contribution in [2.75, 3.05) is 20.2 Å². The molecule has 6 heteroatoms.